The first-order valence-corrected chi connectivity index (χ1v) is 19.5. The highest BCUT2D eigenvalue weighted by atomic mass is 35.5. The minimum Gasteiger partial charge on any atom is -0.439 e. The summed E-state index contributed by atoms with van der Waals surface area (Å²) in [7, 11) is -1.84. The standard InChI is InChI=1S/C36H39ClN10O5S/c1-44-30-18-24(5-6-29(30)34(43-44)47-16-11-32(48)42-36(47)49)23-7-12-45(13-8-23)22-33-38-21-31(52-33)25-3-2-4-28(17-25)53(50,51)46-14-9-27(10-15-46)41-35-39-19-26(37)20-40-35/h2-6,17-21,23,27H,7-16,22H2,1H3,(H,39,40,41)(H,42,48,49). The molecule has 2 N–H and O–H groups in total. The zero-order chi connectivity index (χ0) is 36.7. The number of piperidine rings is 2. The van der Waals surface area contributed by atoms with Crippen LogP contribution in [0.5, 0.6) is 0 Å². The van der Waals surface area contributed by atoms with Crippen LogP contribution in [-0.4, -0.2) is 93.1 Å². The number of nitrogens with one attached hydrogen (secondary N) is 2. The van der Waals surface area contributed by atoms with E-state index in [2.05, 4.69) is 47.7 Å². The number of anilines is 2. The van der Waals surface area contributed by atoms with Gasteiger partial charge in [-0.05, 0) is 74.5 Å². The number of hydrogen-bond acceptors (Lipinski definition) is 11. The maximum absolute atomic E-state index is 13.6. The SMILES string of the molecule is Cn1nc(N2CCC(=O)NC2=O)c2ccc(C3CCN(Cc4ncc(-c5cccc(S(=O)(=O)N6CCC(Nc7ncc(Cl)cn7)CC6)c5)o4)CC3)cc21. The summed E-state index contributed by atoms with van der Waals surface area (Å²) in [6.45, 7) is 3.35. The summed E-state index contributed by atoms with van der Waals surface area (Å²) < 4.78 is 36.7. The molecule has 0 bridgehead atoms. The molecule has 6 heterocycles. The van der Waals surface area contributed by atoms with Gasteiger partial charge >= 0.3 is 6.03 Å². The van der Waals surface area contributed by atoms with Crippen LogP contribution in [0.25, 0.3) is 22.2 Å². The number of rotatable bonds is 9. The molecule has 0 saturated carbocycles. The van der Waals surface area contributed by atoms with Crippen LogP contribution in [0.2, 0.25) is 5.02 Å². The Morgan fingerprint density at radius 3 is 2.47 bits per heavy atom. The molecule has 3 amide bonds. The van der Waals surface area contributed by atoms with Crippen LogP contribution in [0.1, 0.15) is 49.5 Å². The highest BCUT2D eigenvalue weighted by Gasteiger charge is 2.31. The lowest BCUT2D eigenvalue weighted by molar-refractivity contribution is -0.120. The molecule has 0 spiro atoms. The Labute approximate surface area is 311 Å². The van der Waals surface area contributed by atoms with E-state index in [0.717, 1.165) is 36.8 Å². The number of oxazole rings is 1. The van der Waals surface area contributed by atoms with Crippen molar-refractivity contribution in [2.45, 2.75) is 55.5 Å². The lowest BCUT2D eigenvalue weighted by Gasteiger charge is -2.31. The molecule has 3 saturated heterocycles. The molecule has 8 rings (SSSR count). The number of fused-ring (bicyclic) bond motifs is 1. The van der Waals surface area contributed by atoms with E-state index in [1.165, 1.54) is 27.2 Å². The maximum atomic E-state index is 13.6. The average molecular weight is 759 g/mol. The lowest BCUT2D eigenvalue weighted by Crippen LogP contribution is -2.49. The molecule has 3 aromatic heterocycles. The lowest BCUT2D eigenvalue weighted by atomic mass is 9.89. The van der Waals surface area contributed by atoms with Gasteiger partial charge in [-0.1, -0.05) is 29.8 Å². The van der Waals surface area contributed by atoms with E-state index in [-0.39, 0.29) is 23.3 Å². The summed E-state index contributed by atoms with van der Waals surface area (Å²) in [5, 5.41) is 11.6. The molecule has 0 atom stereocenters. The normalized spacial score (nSPS) is 18.5. The molecule has 3 aliphatic rings. The highest BCUT2D eigenvalue weighted by molar-refractivity contribution is 7.89. The van der Waals surface area contributed by atoms with Crippen molar-refractivity contribution in [3.63, 3.8) is 0 Å². The fourth-order valence-electron chi connectivity index (χ4n) is 7.38. The molecule has 0 aliphatic carbocycles. The quantitative estimate of drug-likeness (QED) is 0.212. The van der Waals surface area contributed by atoms with Crippen LogP contribution >= 0.6 is 11.6 Å². The van der Waals surface area contributed by atoms with Crippen LogP contribution in [0.15, 0.2) is 70.4 Å². The molecule has 3 aliphatic heterocycles. The third kappa shape index (κ3) is 7.36. The first-order chi connectivity index (χ1) is 25.6. The number of halogens is 1. The average Bonchev–Trinajstić information content (AvgIpc) is 3.77. The number of imide groups is 1. The Morgan fingerprint density at radius 1 is 0.943 bits per heavy atom. The fraction of sp³-hybridized carbons (Fsp3) is 0.389. The second-order valence-electron chi connectivity index (χ2n) is 13.7. The number of aryl methyl sites for hydroxylation is 1. The van der Waals surface area contributed by atoms with Crippen molar-refractivity contribution >= 4 is 56.2 Å². The molecular weight excluding hydrogens is 720 g/mol. The van der Waals surface area contributed by atoms with Gasteiger partial charge in [-0.15, -0.1) is 0 Å². The van der Waals surface area contributed by atoms with Crippen molar-refractivity contribution in [2.75, 3.05) is 42.9 Å². The van der Waals surface area contributed by atoms with E-state index >= 15 is 0 Å². The van der Waals surface area contributed by atoms with Gasteiger partial charge in [0.25, 0.3) is 0 Å². The highest BCUT2D eigenvalue weighted by Crippen LogP contribution is 2.34. The van der Waals surface area contributed by atoms with Crippen molar-refractivity contribution in [2.24, 2.45) is 7.05 Å². The third-order valence-corrected chi connectivity index (χ3v) is 12.4. The molecule has 15 nitrogen and oxygen atoms in total. The van der Waals surface area contributed by atoms with Crippen molar-refractivity contribution in [3.8, 4) is 11.3 Å². The zero-order valence-corrected chi connectivity index (χ0v) is 30.7. The molecule has 3 fully saturated rings. The number of benzene rings is 2. The summed E-state index contributed by atoms with van der Waals surface area (Å²) in [6.07, 6.45) is 8.13. The molecule has 0 radical (unpaired) electrons. The third-order valence-electron chi connectivity index (χ3n) is 10.3. The topological polar surface area (TPSA) is 172 Å². The van der Waals surface area contributed by atoms with Gasteiger partial charge in [-0.25, -0.2) is 28.2 Å². The van der Waals surface area contributed by atoms with Crippen molar-refractivity contribution in [1.29, 1.82) is 0 Å². The number of urea groups is 1. The van der Waals surface area contributed by atoms with Gasteiger partial charge in [0.1, 0.15) is 0 Å². The number of carbonyl (C=O) groups is 2. The molecule has 0 unspecified atom stereocenters. The van der Waals surface area contributed by atoms with Crippen molar-refractivity contribution in [1.82, 2.24) is 39.3 Å². The predicted octanol–water partition coefficient (Wildman–Crippen LogP) is 4.76. The predicted molar refractivity (Wildman–Crippen MR) is 198 cm³/mol. The Hall–Kier alpha value is -4.90. The van der Waals surface area contributed by atoms with Gasteiger partial charge in [0, 0.05) is 50.1 Å². The van der Waals surface area contributed by atoms with Gasteiger partial charge in [0.2, 0.25) is 27.8 Å². The van der Waals surface area contributed by atoms with E-state index in [1.54, 1.807) is 29.1 Å². The number of likely N-dealkylation sites (tertiary alicyclic amines) is 1. The van der Waals surface area contributed by atoms with E-state index in [0.29, 0.717) is 78.9 Å². The van der Waals surface area contributed by atoms with Crippen LogP contribution in [0, 0.1) is 0 Å². The van der Waals surface area contributed by atoms with Gasteiger partial charge in [-0.2, -0.15) is 9.40 Å². The van der Waals surface area contributed by atoms with E-state index in [9.17, 15) is 18.0 Å². The molecule has 276 valence electrons. The minimum absolute atomic E-state index is 0.0593. The number of carbonyl (C=O) groups excluding carboxylic acids is 2. The van der Waals surface area contributed by atoms with Crippen LogP contribution in [-0.2, 0) is 28.4 Å². The summed E-state index contributed by atoms with van der Waals surface area (Å²) >= 11 is 5.88. The number of hydrogen-bond donors (Lipinski definition) is 2. The molecule has 17 heteroatoms. The number of sulfonamides is 1. The monoisotopic (exact) mass is 758 g/mol. The maximum Gasteiger partial charge on any atom is 0.329 e. The smallest absolute Gasteiger partial charge is 0.329 e. The van der Waals surface area contributed by atoms with Crippen LogP contribution in [0.3, 0.4) is 0 Å². The van der Waals surface area contributed by atoms with Gasteiger partial charge in [0.05, 0.1) is 40.6 Å². The van der Waals surface area contributed by atoms with Gasteiger partial charge < -0.3 is 9.73 Å². The Bertz CT molecular complexity index is 2260. The molecule has 53 heavy (non-hydrogen) atoms. The summed E-state index contributed by atoms with van der Waals surface area (Å²) in [4.78, 5) is 41.1. The zero-order valence-electron chi connectivity index (χ0n) is 29.1. The molecule has 2 aromatic carbocycles. The minimum atomic E-state index is -3.71. The second-order valence-corrected chi connectivity index (χ2v) is 16.1. The molecular formula is C36H39ClN10O5S. The van der Waals surface area contributed by atoms with Crippen molar-refractivity contribution < 1.29 is 22.4 Å². The largest absolute Gasteiger partial charge is 0.439 e. The van der Waals surface area contributed by atoms with Crippen molar-refractivity contribution in [3.05, 3.63) is 77.5 Å². The van der Waals surface area contributed by atoms with Gasteiger partial charge in [-0.3, -0.25) is 24.6 Å². The Morgan fingerprint density at radius 2 is 1.72 bits per heavy atom. The fourth-order valence-corrected chi connectivity index (χ4v) is 8.99. The van der Waals surface area contributed by atoms with Gasteiger partial charge in [0.15, 0.2) is 11.6 Å². The number of aromatic nitrogens is 5. The molecule has 5 aromatic rings. The Kier molecular flexibility index (Phi) is 9.61. The van der Waals surface area contributed by atoms with E-state index in [4.69, 9.17) is 16.0 Å². The van der Waals surface area contributed by atoms with E-state index in [1.807, 2.05) is 19.2 Å². The van der Waals surface area contributed by atoms with Crippen LogP contribution < -0.4 is 15.5 Å². The Balaban J connectivity index is 0.864. The first kappa shape index (κ1) is 35.1. The number of nitrogens with zero attached hydrogens (tertiary/aromatic N) is 8. The van der Waals surface area contributed by atoms with E-state index < -0.39 is 16.1 Å². The second kappa shape index (κ2) is 14.5. The summed E-state index contributed by atoms with van der Waals surface area (Å²) in [5.41, 5.74) is 2.83. The number of amides is 3. The first-order valence-electron chi connectivity index (χ1n) is 17.7. The van der Waals surface area contributed by atoms with Crippen LogP contribution in [0.4, 0.5) is 16.6 Å². The summed E-state index contributed by atoms with van der Waals surface area (Å²) in [5.74, 6) is 2.23. The summed E-state index contributed by atoms with van der Waals surface area (Å²) in [6, 6.07) is 12.8.